The molecule has 2 aromatic carbocycles. The highest BCUT2D eigenvalue weighted by Gasteiger charge is 2.08. The molecule has 4 nitrogen and oxygen atoms in total. The van der Waals surface area contributed by atoms with Crippen molar-refractivity contribution in [2.75, 3.05) is 0 Å². The van der Waals surface area contributed by atoms with Crippen LogP contribution < -0.4 is 5.32 Å². The standard InChI is InChI=1S/C16H12BrCl2N3O/c17-10-1-2-13-14(6-10)22-15(21-13)8-20-16(23)5-9-3-11(18)7-12(19)4-9/h1-4,6-7H,5,8H2,(H,20,23)(H,21,22). The third-order valence-corrected chi connectivity index (χ3v) is 4.16. The number of nitrogens with one attached hydrogen (secondary N) is 2. The lowest BCUT2D eigenvalue weighted by molar-refractivity contribution is -0.120. The number of fused-ring (bicyclic) bond motifs is 1. The smallest absolute Gasteiger partial charge is 0.224 e. The zero-order valence-electron chi connectivity index (χ0n) is 11.9. The molecule has 0 fully saturated rings. The average Bonchev–Trinajstić information content (AvgIpc) is 2.86. The highest BCUT2D eigenvalue weighted by molar-refractivity contribution is 9.10. The van der Waals surface area contributed by atoms with Crippen molar-refractivity contribution in [1.29, 1.82) is 0 Å². The van der Waals surface area contributed by atoms with E-state index in [1.807, 2.05) is 18.2 Å². The lowest BCUT2D eigenvalue weighted by Gasteiger charge is -2.04. The monoisotopic (exact) mass is 411 g/mol. The number of amides is 1. The van der Waals surface area contributed by atoms with Gasteiger partial charge in [0.2, 0.25) is 5.91 Å². The van der Waals surface area contributed by atoms with Crippen LogP contribution in [0.15, 0.2) is 40.9 Å². The third kappa shape index (κ3) is 4.25. The van der Waals surface area contributed by atoms with E-state index in [0.717, 1.165) is 21.1 Å². The summed E-state index contributed by atoms with van der Waals surface area (Å²) in [7, 11) is 0. The van der Waals surface area contributed by atoms with Gasteiger partial charge in [-0.25, -0.2) is 4.98 Å². The summed E-state index contributed by atoms with van der Waals surface area (Å²) in [4.78, 5) is 19.6. The molecule has 1 heterocycles. The van der Waals surface area contributed by atoms with Crippen LogP contribution in [-0.2, 0) is 17.8 Å². The molecule has 7 heteroatoms. The fourth-order valence-corrected chi connectivity index (χ4v) is 3.19. The van der Waals surface area contributed by atoms with Crippen molar-refractivity contribution >= 4 is 56.1 Å². The van der Waals surface area contributed by atoms with E-state index >= 15 is 0 Å². The Labute approximate surface area is 151 Å². The van der Waals surface area contributed by atoms with Gasteiger partial charge in [0.25, 0.3) is 0 Å². The van der Waals surface area contributed by atoms with E-state index in [4.69, 9.17) is 23.2 Å². The second-order valence-electron chi connectivity index (χ2n) is 5.08. The van der Waals surface area contributed by atoms with Crippen molar-refractivity contribution in [3.05, 3.63) is 62.3 Å². The molecule has 0 spiro atoms. The van der Waals surface area contributed by atoms with Gasteiger partial charge in [-0.2, -0.15) is 0 Å². The van der Waals surface area contributed by atoms with E-state index in [1.54, 1.807) is 18.2 Å². The predicted molar refractivity (Wildman–Crippen MR) is 95.8 cm³/mol. The summed E-state index contributed by atoms with van der Waals surface area (Å²) in [5, 5.41) is 3.86. The van der Waals surface area contributed by atoms with Crippen LogP contribution in [0.1, 0.15) is 11.4 Å². The van der Waals surface area contributed by atoms with Gasteiger partial charge >= 0.3 is 0 Å². The first-order valence-corrected chi connectivity index (χ1v) is 8.40. The predicted octanol–water partition coefficient (Wildman–Crippen LogP) is 4.49. The summed E-state index contributed by atoms with van der Waals surface area (Å²) >= 11 is 15.3. The Balaban J connectivity index is 1.63. The van der Waals surface area contributed by atoms with Gasteiger partial charge in [0.05, 0.1) is 24.0 Å². The van der Waals surface area contributed by atoms with Crippen LogP contribution in [0.25, 0.3) is 11.0 Å². The summed E-state index contributed by atoms with van der Waals surface area (Å²) in [6, 6.07) is 10.9. The van der Waals surface area contributed by atoms with E-state index in [2.05, 4.69) is 31.2 Å². The summed E-state index contributed by atoms with van der Waals surface area (Å²) in [6.07, 6.45) is 0.214. The van der Waals surface area contributed by atoms with Crippen LogP contribution in [0.4, 0.5) is 0 Å². The molecule has 0 aliphatic rings. The number of hydrogen-bond donors (Lipinski definition) is 2. The van der Waals surface area contributed by atoms with Gasteiger partial charge in [-0.3, -0.25) is 4.79 Å². The molecule has 23 heavy (non-hydrogen) atoms. The van der Waals surface area contributed by atoms with E-state index < -0.39 is 0 Å². The third-order valence-electron chi connectivity index (χ3n) is 3.23. The van der Waals surface area contributed by atoms with Crippen molar-refractivity contribution in [2.45, 2.75) is 13.0 Å². The highest BCUT2D eigenvalue weighted by Crippen LogP contribution is 2.20. The molecule has 3 aromatic rings. The fraction of sp³-hybridized carbons (Fsp3) is 0.125. The van der Waals surface area contributed by atoms with Gasteiger partial charge in [-0.15, -0.1) is 0 Å². The number of rotatable bonds is 4. The van der Waals surface area contributed by atoms with Crippen molar-refractivity contribution in [3.8, 4) is 0 Å². The summed E-state index contributed by atoms with van der Waals surface area (Å²) in [5.41, 5.74) is 2.55. The number of aromatic nitrogens is 2. The maximum Gasteiger partial charge on any atom is 0.224 e. The molecule has 0 aliphatic carbocycles. The normalized spacial score (nSPS) is 10.9. The molecule has 2 N–H and O–H groups in total. The minimum atomic E-state index is -0.120. The largest absolute Gasteiger partial charge is 0.349 e. The molecule has 3 rings (SSSR count). The van der Waals surface area contributed by atoms with Crippen LogP contribution >= 0.6 is 39.1 Å². The number of nitrogens with zero attached hydrogens (tertiary/aromatic N) is 1. The van der Waals surface area contributed by atoms with E-state index in [1.165, 1.54) is 0 Å². The Morgan fingerprint density at radius 3 is 2.65 bits per heavy atom. The molecule has 0 bridgehead atoms. The fourth-order valence-electron chi connectivity index (χ4n) is 2.26. The minimum Gasteiger partial charge on any atom is -0.349 e. The zero-order chi connectivity index (χ0) is 16.4. The number of carbonyl (C=O) groups excluding carboxylic acids is 1. The number of carbonyl (C=O) groups is 1. The zero-order valence-corrected chi connectivity index (χ0v) is 15.0. The van der Waals surface area contributed by atoms with E-state index in [9.17, 15) is 4.79 Å². The van der Waals surface area contributed by atoms with Gasteiger partial charge in [0.1, 0.15) is 5.82 Å². The number of imidazole rings is 1. The maximum absolute atomic E-state index is 12.0. The Bertz CT molecular complexity index is 859. The van der Waals surface area contributed by atoms with Crippen LogP contribution in [0, 0.1) is 0 Å². The average molecular weight is 413 g/mol. The van der Waals surface area contributed by atoms with Gasteiger partial charge in [-0.1, -0.05) is 39.1 Å². The van der Waals surface area contributed by atoms with Crippen molar-refractivity contribution < 1.29 is 4.79 Å². The molecular formula is C16H12BrCl2N3O. The second kappa shape index (κ2) is 6.91. The van der Waals surface area contributed by atoms with Crippen molar-refractivity contribution in [3.63, 3.8) is 0 Å². The van der Waals surface area contributed by atoms with Crippen LogP contribution in [0.3, 0.4) is 0 Å². The quantitative estimate of drug-likeness (QED) is 0.663. The first-order valence-electron chi connectivity index (χ1n) is 6.85. The number of aromatic amines is 1. The SMILES string of the molecule is O=C(Cc1cc(Cl)cc(Cl)c1)NCc1nc2ccc(Br)cc2[nH]1. The maximum atomic E-state index is 12.0. The van der Waals surface area contributed by atoms with E-state index in [0.29, 0.717) is 22.4 Å². The lowest BCUT2D eigenvalue weighted by Crippen LogP contribution is -2.25. The number of hydrogen-bond acceptors (Lipinski definition) is 2. The molecule has 0 saturated carbocycles. The first-order chi connectivity index (χ1) is 11.0. The lowest BCUT2D eigenvalue weighted by atomic mass is 10.1. The Kier molecular flexibility index (Phi) is 4.90. The Morgan fingerprint density at radius 1 is 1.17 bits per heavy atom. The minimum absolute atomic E-state index is 0.120. The van der Waals surface area contributed by atoms with Crippen molar-refractivity contribution in [1.82, 2.24) is 15.3 Å². The molecule has 0 aliphatic heterocycles. The van der Waals surface area contributed by atoms with Crippen molar-refractivity contribution in [2.24, 2.45) is 0 Å². The Hall–Kier alpha value is -1.56. The second-order valence-corrected chi connectivity index (χ2v) is 6.86. The summed E-state index contributed by atoms with van der Waals surface area (Å²) in [6.45, 7) is 0.333. The van der Waals surface area contributed by atoms with E-state index in [-0.39, 0.29) is 12.3 Å². The highest BCUT2D eigenvalue weighted by atomic mass is 79.9. The molecule has 0 saturated heterocycles. The van der Waals surface area contributed by atoms with Gasteiger partial charge in [0, 0.05) is 14.5 Å². The van der Waals surface area contributed by atoms with Crippen LogP contribution in [0.5, 0.6) is 0 Å². The number of halogens is 3. The molecule has 0 atom stereocenters. The molecule has 0 unspecified atom stereocenters. The Morgan fingerprint density at radius 2 is 1.91 bits per heavy atom. The summed E-state index contributed by atoms with van der Waals surface area (Å²) < 4.78 is 0.974. The van der Waals surface area contributed by atoms with Gasteiger partial charge in [-0.05, 0) is 42.0 Å². The van der Waals surface area contributed by atoms with Crippen LogP contribution in [0.2, 0.25) is 10.0 Å². The topological polar surface area (TPSA) is 57.8 Å². The van der Waals surface area contributed by atoms with Crippen LogP contribution in [-0.4, -0.2) is 15.9 Å². The first kappa shape index (κ1) is 16.3. The molecule has 118 valence electrons. The molecule has 1 amide bonds. The molecule has 0 radical (unpaired) electrons. The number of H-pyrrole nitrogens is 1. The summed E-state index contributed by atoms with van der Waals surface area (Å²) in [5.74, 6) is 0.584. The van der Waals surface area contributed by atoms with Gasteiger partial charge in [0.15, 0.2) is 0 Å². The number of benzene rings is 2. The molecular weight excluding hydrogens is 401 g/mol. The van der Waals surface area contributed by atoms with Gasteiger partial charge < -0.3 is 10.3 Å². The molecule has 1 aromatic heterocycles.